The van der Waals surface area contributed by atoms with Gasteiger partial charge in [0.15, 0.2) is 6.61 Å². The standard InChI is InChI=1S/C12H12F3NO3/c1-16(2)10(17)7-19-11(18)8-4-3-5-9(6-8)12(13,14)15/h3-6H,7H2,1-2H3. The Morgan fingerprint density at radius 2 is 1.89 bits per heavy atom. The number of hydrogen-bond acceptors (Lipinski definition) is 3. The van der Waals surface area contributed by atoms with E-state index in [2.05, 4.69) is 4.74 Å². The number of amides is 1. The molecule has 0 fully saturated rings. The van der Waals surface area contributed by atoms with Crippen molar-refractivity contribution in [3.8, 4) is 0 Å². The second-order valence-corrected chi connectivity index (χ2v) is 3.94. The highest BCUT2D eigenvalue weighted by molar-refractivity contribution is 5.91. The molecule has 4 nitrogen and oxygen atoms in total. The van der Waals surface area contributed by atoms with Crippen LogP contribution < -0.4 is 0 Å². The Hall–Kier alpha value is -2.05. The van der Waals surface area contributed by atoms with Gasteiger partial charge in [0.1, 0.15) is 0 Å². The fourth-order valence-electron chi connectivity index (χ4n) is 1.16. The van der Waals surface area contributed by atoms with Gasteiger partial charge >= 0.3 is 12.1 Å². The van der Waals surface area contributed by atoms with Crippen molar-refractivity contribution in [2.75, 3.05) is 20.7 Å². The first-order chi connectivity index (χ1) is 8.71. The van der Waals surface area contributed by atoms with Crippen LogP contribution in [0.1, 0.15) is 15.9 Å². The van der Waals surface area contributed by atoms with Crippen molar-refractivity contribution in [1.82, 2.24) is 4.90 Å². The van der Waals surface area contributed by atoms with E-state index in [9.17, 15) is 22.8 Å². The summed E-state index contributed by atoms with van der Waals surface area (Å²) in [5.41, 5.74) is -1.19. The quantitative estimate of drug-likeness (QED) is 0.792. The second kappa shape index (κ2) is 5.73. The Kier molecular flexibility index (Phi) is 4.52. The van der Waals surface area contributed by atoms with Gasteiger partial charge in [-0.1, -0.05) is 6.07 Å². The van der Waals surface area contributed by atoms with Gasteiger partial charge < -0.3 is 9.64 Å². The van der Waals surface area contributed by atoms with E-state index < -0.39 is 30.2 Å². The fourth-order valence-corrected chi connectivity index (χ4v) is 1.16. The maximum atomic E-state index is 12.4. The van der Waals surface area contributed by atoms with Crippen molar-refractivity contribution in [2.24, 2.45) is 0 Å². The number of ether oxygens (including phenoxy) is 1. The van der Waals surface area contributed by atoms with Crippen LogP contribution in [0.2, 0.25) is 0 Å². The Morgan fingerprint density at radius 3 is 2.42 bits per heavy atom. The van der Waals surface area contributed by atoms with E-state index in [0.29, 0.717) is 6.07 Å². The van der Waals surface area contributed by atoms with Gasteiger partial charge in [-0.25, -0.2) is 4.79 Å². The summed E-state index contributed by atoms with van der Waals surface area (Å²) in [6, 6.07) is 3.83. The lowest BCUT2D eigenvalue weighted by atomic mass is 10.1. The molecule has 0 saturated carbocycles. The molecule has 1 aromatic carbocycles. The van der Waals surface area contributed by atoms with Gasteiger partial charge in [0.05, 0.1) is 11.1 Å². The third-order valence-corrected chi connectivity index (χ3v) is 2.25. The Labute approximate surface area is 107 Å². The third-order valence-electron chi connectivity index (χ3n) is 2.25. The van der Waals surface area contributed by atoms with Crippen LogP contribution in [0.3, 0.4) is 0 Å². The first-order valence-electron chi connectivity index (χ1n) is 5.26. The van der Waals surface area contributed by atoms with Crippen LogP contribution in [0.25, 0.3) is 0 Å². The average Bonchev–Trinajstić information content (AvgIpc) is 2.34. The van der Waals surface area contributed by atoms with Gasteiger partial charge in [-0.3, -0.25) is 4.79 Å². The van der Waals surface area contributed by atoms with Crippen molar-refractivity contribution in [3.63, 3.8) is 0 Å². The Bertz CT molecular complexity index is 483. The number of carbonyl (C=O) groups is 2. The van der Waals surface area contributed by atoms with Crippen molar-refractivity contribution < 1.29 is 27.5 Å². The molecular formula is C12H12F3NO3. The summed E-state index contributed by atoms with van der Waals surface area (Å²) in [6.45, 7) is -0.512. The molecule has 19 heavy (non-hydrogen) atoms. The highest BCUT2D eigenvalue weighted by atomic mass is 19.4. The number of carbonyl (C=O) groups excluding carboxylic acids is 2. The smallest absolute Gasteiger partial charge is 0.416 e. The minimum absolute atomic E-state index is 0.249. The van der Waals surface area contributed by atoms with Gasteiger partial charge in [0.25, 0.3) is 5.91 Å². The number of rotatable bonds is 3. The molecule has 104 valence electrons. The first-order valence-corrected chi connectivity index (χ1v) is 5.26. The number of alkyl halides is 3. The highest BCUT2D eigenvalue weighted by Crippen LogP contribution is 2.29. The molecule has 0 spiro atoms. The summed E-state index contributed by atoms with van der Waals surface area (Å²) in [4.78, 5) is 23.9. The Balaban J connectivity index is 2.76. The molecule has 0 atom stereocenters. The molecule has 7 heteroatoms. The van der Waals surface area contributed by atoms with Crippen LogP contribution in [-0.2, 0) is 15.7 Å². The van der Waals surface area contributed by atoms with Gasteiger partial charge in [-0.2, -0.15) is 13.2 Å². The highest BCUT2D eigenvalue weighted by Gasteiger charge is 2.31. The van der Waals surface area contributed by atoms with Gasteiger partial charge in [0, 0.05) is 14.1 Å². The van der Waals surface area contributed by atoms with Crippen LogP contribution >= 0.6 is 0 Å². The zero-order chi connectivity index (χ0) is 14.6. The maximum Gasteiger partial charge on any atom is 0.416 e. The average molecular weight is 275 g/mol. The number of hydrogen-bond donors (Lipinski definition) is 0. The Morgan fingerprint density at radius 1 is 1.26 bits per heavy atom. The van der Waals surface area contributed by atoms with Crippen LogP contribution in [0.15, 0.2) is 24.3 Å². The summed E-state index contributed by atoms with van der Waals surface area (Å²) in [5.74, 6) is -1.43. The minimum Gasteiger partial charge on any atom is -0.452 e. The van der Waals surface area contributed by atoms with E-state index >= 15 is 0 Å². The molecule has 0 radical (unpaired) electrons. The zero-order valence-electron chi connectivity index (χ0n) is 10.3. The molecule has 0 aliphatic heterocycles. The topological polar surface area (TPSA) is 46.6 Å². The number of esters is 1. The van der Waals surface area contributed by atoms with Crippen LogP contribution in [0.5, 0.6) is 0 Å². The van der Waals surface area contributed by atoms with Crippen molar-refractivity contribution in [2.45, 2.75) is 6.18 Å². The van der Waals surface area contributed by atoms with Crippen molar-refractivity contribution in [1.29, 1.82) is 0 Å². The molecule has 0 bridgehead atoms. The second-order valence-electron chi connectivity index (χ2n) is 3.94. The van der Waals surface area contributed by atoms with Crippen molar-refractivity contribution >= 4 is 11.9 Å². The van der Waals surface area contributed by atoms with Gasteiger partial charge in [-0.15, -0.1) is 0 Å². The molecule has 1 amide bonds. The summed E-state index contributed by atoms with van der Waals surface area (Å²) in [6.07, 6.45) is -4.53. The normalized spacial score (nSPS) is 11.0. The van der Waals surface area contributed by atoms with Crippen LogP contribution in [-0.4, -0.2) is 37.5 Å². The molecule has 0 heterocycles. The molecule has 0 aliphatic carbocycles. The zero-order valence-corrected chi connectivity index (χ0v) is 10.3. The lowest BCUT2D eigenvalue weighted by molar-refractivity contribution is -0.137. The predicted molar refractivity (Wildman–Crippen MR) is 60.4 cm³/mol. The molecule has 0 unspecified atom stereocenters. The lowest BCUT2D eigenvalue weighted by Crippen LogP contribution is -2.27. The number of benzene rings is 1. The van der Waals surface area contributed by atoms with Gasteiger partial charge in [-0.05, 0) is 18.2 Å². The fraction of sp³-hybridized carbons (Fsp3) is 0.333. The number of likely N-dealkylation sites (N-methyl/N-ethyl adjacent to an activating group) is 1. The third kappa shape index (κ3) is 4.27. The lowest BCUT2D eigenvalue weighted by Gasteiger charge is -2.11. The molecule has 0 aromatic heterocycles. The van der Waals surface area contributed by atoms with Crippen LogP contribution in [0.4, 0.5) is 13.2 Å². The largest absolute Gasteiger partial charge is 0.452 e. The maximum absolute atomic E-state index is 12.4. The van der Waals surface area contributed by atoms with Crippen molar-refractivity contribution in [3.05, 3.63) is 35.4 Å². The molecule has 1 aromatic rings. The first kappa shape index (κ1) is 15.0. The number of nitrogens with zero attached hydrogens (tertiary/aromatic N) is 1. The van der Waals surface area contributed by atoms with E-state index in [1.54, 1.807) is 0 Å². The molecule has 0 saturated heterocycles. The van der Waals surface area contributed by atoms with E-state index in [-0.39, 0.29) is 5.56 Å². The minimum atomic E-state index is -4.53. The summed E-state index contributed by atoms with van der Waals surface area (Å²) in [5, 5.41) is 0. The van der Waals surface area contributed by atoms with Gasteiger partial charge in [0.2, 0.25) is 0 Å². The number of halogens is 3. The monoisotopic (exact) mass is 275 g/mol. The van der Waals surface area contributed by atoms with Crippen LogP contribution in [0, 0.1) is 0 Å². The van der Waals surface area contributed by atoms with E-state index in [0.717, 1.165) is 12.1 Å². The molecule has 0 N–H and O–H groups in total. The molecule has 0 aliphatic rings. The SMILES string of the molecule is CN(C)C(=O)COC(=O)c1cccc(C(F)(F)F)c1. The summed E-state index contributed by atoms with van der Waals surface area (Å²) >= 11 is 0. The predicted octanol–water partition coefficient (Wildman–Crippen LogP) is 1.95. The van der Waals surface area contributed by atoms with E-state index in [4.69, 9.17) is 0 Å². The molecule has 1 rings (SSSR count). The van der Waals surface area contributed by atoms with E-state index in [1.807, 2.05) is 0 Å². The molecular weight excluding hydrogens is 263 g/mol. The summed E-state index contributed by atoms with van der Waals surface area (Å²) < 4.78 is 41.9. The summed E-state index contributed by atoms with van der Waals surface area (Å²) in [7, 11) is 2.95. The van der Waals surface area contributed by atoms with E-state index in [1.165, 1.54) is 25.1 Å².